The molecule has 116 valence electrons. The quantitative estimate of drug-likeness (QED) is 0.754. The molecule has 5 heteroatoms. The Morgan fingerprint density at radius 3 is 2.41 bits per heavy atom. The summed E-state index contributed by atoms with van der Waals surface area (Å²) >= 11 is 13.5. The van der Waals surface area contributed by atoms with Crippen molar-refractivity contribution in [3.63, 3.8) is 0 Å². The van der Waals surface area contributed by atoms with Gasteiger partial charge in [0.05, 0.1) is 22.5 Å². The Hall–Kier alpha value is -1.16. The standard InChI is InChI=1S/C17H17Cl2NOS/c1-11(13-4-6-14(22-2)7-5-13)20-17(21)10-12-3-8-15(18)16(19)9-12/h3-9,11H,10H2,1-2H3,(H,20,21). The first-order valence-corrected chi connectivity index (χ1v) is 8.85. The molecule has 0 bridgehead atoms. The van der Waals surface area contributed by atoms with E-state index >= 15 is 0 Å². The Kier molecular flexibility index (Phi) is 6.18. The Bertz CT molecular complexity index is 658. The van der Waals surface area contributed by atoms with Crippen LogP contribution in [0.3, 0.4) is 0 Å². The number of benzene rings is 2. The summed E-state index contributed by atoms with van der Waals surface area (Å²) in [4.78, 5) is 13.3. The van der Waals surface area contributed by atoms with Gasteiger partial charge in [-0.25, -0.2) is 0 Å². The number of carbonyl (C=O) groups is 1. The van der Waals surface area contributed by atoms with Crippen LogP contribution in [0.5, 0.6) is 0 Å². The van der Waals surface area contributed by atoms with Crippen molar-refractivity contribution in [2.75, 3.05) is 6.26 Å². The number of hydrogen-bond donors (Lipinski definition) is 1. The average molecular weight is 354 g/mol. The molecule has 0 fully saturated rings. The van der Waals surface area contributed by atoms with Gasteiger partial charge in [-0.1, -0.05) is 41.4 Å². The molecule has 2 rings (SSSR count). The van der Waals surface area contributed by atoms with Gasteiger partial charge in [0.1, 0.15) is 0 Å². The van der Waals surface area contributed by atoms with Crippen LogP contribution >= 0.6 is 35.0 Å². The number of nitrogens with one attached hydrogen (secondary N) is 1. The first kappa shape index (κ1) is 17.2. The summed E-state index contributed by atoms with van der Waals surface area (Å²) in [6, 6.07) is 13.4. The molecule has 22 heavy (non-hydrogen) atoms. The zero-order chi connectivity index (χ0) is 16.1. The monoisotopic (exact) mass is 353 g/mol. The van der Waals surface area contributed by atoms with Gasteiger partial charge in [-0.05, 0) is 48.6 Å². The molecule has 1 N–H and O–H groups in total. The maximum absolute atomic E-state index is 12.1. The third-order valence-corrected chi connectivity index (χ3v) is 4.82. The molecular formula is C17H17Cl2NOS. The fraction of sp³-hybridized carbons (Fsp3) is 0.235. The maximum atomic E-state index is 12.1. The van der Waals surface area contributed by atoms with E-state index in [1.807, 2.05) is 31.4 Å². The van der Waals surface area contributed by atoms with E-state index in [0.29, 0.717) is 10.0 Å². The van der Waals surface area contributed by atoms with Crippen LogP contribution in [0.4, 0.5) is 0 Å². The van der Waals surface area contributed by atoms with Crippen molar-refractivity contribution in [3.05, 3.63) is 63.6 Å². The van der Waals surface area contributed by atoms with E-state index in [9.17, 15) is 4.79 Å². The Morgan fingerprint density at radius 1 is 1.14 bits per heavy atom. The highest BCUT2D eigenvalue weighted by Crippen LogP contribution is 2.23. The van der Waals surface area contributed by atoms with Gasteiger partial charge in [-0.3, -0.25) is 4.79 Å². The van der Waals surface area contributed by atoms with Gasteiger partial charge in [-0.2, -0.15) is 0 Å². The highest BCUT2D eigenvalue weighted by molar-refractivity contribution is 7.98. The van der Waals surface area contributed by atoms with Gasteiger partial charge in [0.15, 0.2) is 0 Å². The maximum Gasteiger partial charge on any atom is 0.224 e. The number of thioether (sulfide) groups is 1. The summed E-state index contributed by atoms with van der Waals surface area (Å²) in [5.74, 6) is -0.0418. The number of carbonyl (C=O) groups excluding carboxylic acids is 1. The van der Waals surface area contributed by atoms with Gasteiger partial charge in [-0.15, -0.1) is 11.8 Å². The van der Waals surface area contributed by atoms with E-state index in [4.69, 9.17) is 23.2 Å². The van der Waals surface area contributed by atoms with Crippen LogP contribution in [0.15, 0.2) is 47.4 Å². The van der Waals surface area contributed by atoms with E-state index in [0.717, 1.165) is 11.1 Å². The molecule has 0 spiro atoms. The summed E-state index contributed by atoms with van der Waals surface area (Å²) in [7, 11) is 0. The smallest absolute Gasteiger partial charge is 0.224 e. The summed E-state index contributed by atoms with van der Waals surface area (Å²) in [5.41, 5.74) is 1.93. The largest absolute Gasteiger partial charge is 0.349 e. The van der Waals surface area contributed by atoms with Crippen molar-refractivity contribution in [2.45, 2.75) is 24.3 Å². The van der Waals surface area contributed by atoms with Crippen molar-refractivity contribution in [1.29, 1.82) is 0 Å². The topological polar surface area (TPSA) is 29.1 Å². The Balaban J connectivity index is 1.96. The molecule has 0 aliphatic carbocycles. The fourth-order valence-electron chi connectivity index (χ4n) is 2.10. The highest BCUT2D eigenvalue weighted by atomic mass is 35.5. The third kappa shape index (κ3) is 4.67. The van der Waals surface area contributed by atoms with Gasteiger partial charge in [0, 0.05) is 4.90 Å². The fourth-order valence-corrected chi connectivity index (χ4v) is 2.83. The molecule has 0 aliphatic heterocycles. The molecule has 0 aromatic heterocycles. The van der Waals surface area contributed by atoms with Gasteiger partial charge in [0.25, 0.3) is 0 Å². The number of amides is 1. The first-order valence-electron chi connectivity index (χ1n) is 6.87. The molecular weight excluding hydrogens is 337 g/mol. The molecule has 1 amide bonds. The van der Waals surface area contributed by atoms with E-state index in [1.54, 1.807) is 23.9 Å². The van der Waals surface area contributed by atoms with E-state index < -0.39 is 0 Å². The van der Waals surface area contributed by atoms with E-state index in [-0.39, 0.29) is 18.4 Å². The van der Waals surface area contributed by atoms with Crippen LogP contribution in [0, 0.1) is 0 Å². The Labute approximate surface area is 145 Å². The molecule has 1 atom stereocenters. The van der Waals surface area contributed by atoms with Crippen molar-refractivity contribution in [2.24, 2.45) is 0 Å². The zero-order valence-electron chi connectivity index (χ0n) is 12.4. The predicted octanol–water partition coefficient (Wildman–Crippen LogP) is 5.14. The molecule has 0 saturated carbocycles. The summed E-state index contributed by atoms with van der Waals surface area (Å²) in [6.45, 7) is 1.97. The van der Waals surface area contributed by atoms with Crippen molar-refractivity contribution in [1.82, 2.24) is 5.32 Å². The second-order valence-electron chi connectivity index (χ2n) is 4.99. The average Bonchev–Trinajstić information content (AvgIpc) is 2.51. The van der Waals surface area contributed by atoms with Crippen LogP contribution < -0.4 is 5.32 Å². The van der Waals surface area contributed by atoms with Crippen molar-refractivity contribution in [3.8, 4) is 0 Å². The number of hydrogen-bond acceptors (Lipinski definition) is 2. The van der Waals surface area contributed by atoms with E-state index in [2.05, 4.69) is 17.4 Å². The second-order valence-corrected chi connectivity index (χ2v) is 6.68. The molecule has 2 aromatic carbocycles. The molecule has 0 saturated heterocycles. The van der Waals surface area contributed by atoms with Crippen LogP contribution in [0.2, 0.25) is 10.0 Å². The third-order valence-electron chi connectivity index (χ3n) is 3.34. The first-order chi connectivity index (χ1) is 10.5. The number of rotatable bonds is 5. The normalized spacial score (nSPS) is 12.0. The summed E-state index contributed by atoms with van der Waals surface area (Å²) in [5, 5.41) is 3.95. The lowest BCUT2D eigenvalue weighted by atomic mass is 10.1. The lowest BCUT2D eigenvalue weighted by Gasteiger charge is -2.15. The molecule has 0 radical (unpaired) electrons. The highest BCUT2D eigenvalue weighted by Gasteiger charge is 2.11. The zero-order valence-corrected chi connectivity index (χ0v) is 14.7. The minimum Gasteiger partial charge on any atom is -0.349 e. The molecule has 2 aromatic rings. The van der Waals surface area contributed by atoms with Gasteiger partial charge >= 0.3 is 0 Å². The molecule has 1 unspecified atom stereocenters. The lowest BCUT2D eigenvalue weighted by Crippen LogP contribution is -2.28. The number of halogens is 2. The molecule has 0 heterocycles. The minimum absolute atomic E-state index is 0.0359. The summed E-state index contributed by atoms with van der Waals surface area (Å²) < 4.78 is 0. The lowest BCUT2D eigenvalue weighted by molar-refractivity contribution is -0.121. The van der Waals surface area contributed by atoms with Crippen molar-refractivity contribution < 1.29 is 4.79 Å². The Morgan fingerprint density at radius 2 is 1.82 bits per heavy atom. The minimum atomic E-state index is -0.0418. The predicted molar refractivity (Wildman–Crippen MR) is 94.9 cm³/mol. The van der Waals surface area contributed by atoms with Crippen molar-refractivity contribution >= 4 is 40.9 Å². The van der Waals surface area contributed by atoms with Crippen LogP contribution in [-0.2, 0) is 11.2 Å². The van der Waals surface area contributed by atoms with Gasteiger partial charge in [0.2, 0.25) is 5.91 Å². The summed E-state index contributed by atoms with van der Waals surface area (Å²) in [6.07, 6.45) is 2.32. The van der Waals surface area contributed by atoms with Crippen LogP contribution in [-0.4, -0.2) is 12.2 Å². The van der Waals surface area contributed by atoms with Crippen LogP contribution in [0.1, 0.15) is 24.1 Å². The second kappa shape index (κ2) is 7.91. The van der Waals surface area contributed by atoms with Gasteiger partial charge < -0.3 is 5.32 Å². The van der Waals surface area contributed by atoms with Crippen LogP contribution in [0.25, 0.3) is 0 Å². The van der Waals surface area contributed by atoms with E-state index in [1.165, 1.54) is 4.90 Å². The molecule has 0 aliphatic rings. The molecule has 2 nitrogen and oxygen atoms in total. The SMILES string of the molecule is CSc1ccc(C(C)NC(=O)Cc2ccc(Cl)c(Cl)c2)cc1.